The first kappa shape index (κ1) is 13.5. The van der Waals surface area contributed by atoms with Gasteiger partial charge in [0.25, 0.3) is 5.91 Å². The summed E-state index contributed by atoms with van der Waals surface area (Å²) in [6.45, 7) is 3.02. The van der Waals surface area contributed by atoms with Gasteiger partial charge < -0.3 is 19.4 Å². The standard InChI is InChI=1S/C15H17N3O3/c1-11-14(21-13-5-3-2-4-12(13)20-11)15(19)17-7-9-18-8-6-16-10-18/h2-6,8,10-11,14H,7,9H2,1H3,(H,17,19)/t11-,14+/m0/s1. The number of para-hydroxylation sites is 2. The molecule has 21 heavy (non-hydrogen) atoms. The molecule has 1 aromatic carbocycles. The molecule has 1 aromatic heterocycles. The third kappa shape index (κ3) is 2.99. The molecule has 1 aliphatic heterocycles. The van der Waals surface area contributed by atoms with Crippen LogP contribution in [-0.2, 0) is 11.3 Å². The molecule has 1 aliphatic rings. The lowest BCUT2D eigenvalue weighted by molar-refractivity contribution is -0.133. The quantitative estimate of drug-likeness (QED) is 0.918. The molecule has 0 aliphatic carbocycles. The minimum atomic E-state index is -0.636. The number of benzene rings is 1. The van der Waals surface area contributed by atoms with Crippen LogP contribution >= 0.6 is 0 Å². The van der Waals surface area contributed by atoms with Gasteiger partial charge in [0.05, 0.1) is 6.33 Å². The molecule has 0 unspecified atom stereocenters. The zero-order valence-corrected chi connectivity index (χ0v) is 11.7. The molecule has 110 valence electrons. The van der Waals surface area contributed by atoms with Crippen LogP contribution in [0.3, 0.4) is 0 Å². The van der Waals surface area contributed by atoms with Crippen molar-refractivity contribution in [2.24, 2.45) is 0 Å². The van der Waals surface area contributed by atoms with Crippen molar-refractivity contribution in [2.45, 2.75) is 25.7 Å². The molecule has 0 saturated heterocycles. The summed E-state index contributed by atoms with van der Waals surface area (Å²) in [5.74, 6) is 1.11. The number of hydrogen-bond acceptors (Lipinski definition) is 4. The number of carbonyl (C=O) groups excluding carboxylic acids is 1. The van der Waals surface area contributed by atoms with Gasteiger partial charge in [-0.3, -0.25) is 4.79 Å². The summed E-state index contributed by atoms with van der Waals surface area (Å²) in [4.78, 5) is 16.2. The summed E-state index contributed by atoms with van der Waals surface area (Å²) in [6, 6.07) is 7.36. The fourth-order valence-electron chi connectivity index (χ4n) is 2.23. The van der Waals surface area contributed by atoms with Crippen molar-refractivity contribution >= 4 is 5.91 Å². The van der Waals surface area contributed by atoms with Gasteiger partial charge in [-0.15, -0.1) is 0 Å². The van der Waals surface area contributed by atoms with Crippen molar-refractivity contribution in [3.63, 3.8) is 0 Å². The second-order valence-corrected chi connectivity index (χ2v) is 4.90. The Morgan fingerprint density at radius 3 is 2.81 bits per heavy atom. The molecule has 1 N–H and O–H groups in total. The van der Waals surface area contributed by atoms with E-state index in [1.165, 1.54) is 0 Å². The predicted octanol–water partition coefficient (Wildman–Crippen LogP) is 1.23. The molecule has 6 heteroatoms. The highest BCUT2D eigenvalue weighted by Gasteiger charge is 2.33. The van der Waals surface area contributed by atoms with Crippen LogP contribution in [0.15, 0.2) is 43.0 Å². The number of imidazole rings is 1. The number of amides is 1. The molecular formula is C15H17N3O3. The number of nitrogens with zero attached hydrogens (tertiary/aromatic N) is 2. The smallest absolute Gasteiger partial charge is 0.265 e. The van der Waals surface area contributed by atoms with E-state index in [1.54, 1.807) is 18.6 Å². The van der Waals surface area contributed by atoms with Crippen LogP contribution in [-0.4, -0.2) is 34.2 Å². The molecular weight excluding hydrogens is 270 g/mol. The summed E-state index contributed by atoms with van der Waals surface area (Å²) >= 11 is 0. The summed E-state index contributed by atoms with van der Waals surface area (Å²) in [6.07, 6.45) is 4.31. The summed E-state index contributed by atoms with van der Waals surface area (Å²) in [5, 5.41) is 2.86. The number of ether oxygens (including phenoxy) is 2. The van der Waals surface area contributed by atoms with Crippen molar-refractivity contribution in [1.29, 1.82) is 0 Å². The van der Waals surface area contributed by atoms with E-state index in [1.807, 2.05) is 35.9 Å². The van der Waals surface area contributed by atoms with Crippen LogP contribution in [0.1, 0.15) is 6.92 Å². The molecule has 0 fully saturated rings. The maximum absolute atomic E-state index is 12.2. The number of rotatable bonds is 4. The second kappa shape index (κ2) is 5.87. The SMILES string of the molecule is C[C@@H]1Oc2ccccc2O[C@H]1C(=O)NCCn1ccnc1. The summed E-state index contributed by atoms with van der Waals surface area (Å²) < 4.78 is 13.4. The van der Waals surface area contributed by atoms with Crippen molar-refractivity contribution in [2.75, 3.05) is 6.54 Å². The first-order chi connectivity index (χ1) is 10.2. The molecule has 2 aromatic rings. The Balaban J connectivity index is 1.57. The lowest BCUT2D eigenvalue weighted by Crippen LogP contribution is -2.49. The van der Waals surface area contributed by atoms with Crippen LogP contribution in [0.25, 0.3) is 0 Å². The lowest BCUT2D eigenvalue weighted by Gasteiger charge is -2.31. The van der Waals surface area contributed by atoms with E-state index in [4.69, 9.17) is 9.47 Å². The number of nitrogens with one attached hydrogen (secondary N) is 1. The Morgan fingerprint density at radius 1 is 1.33 bits per heavy atom. The van der Waals surface area contributed by atoms with Gasteiger partial charge >= 0.3 is 0 Å². The second-order valence-electron chi connectivity index (χ2n) is 4.90. The fourth-order valence-corrected chi connectivity index (χ4v) is 2.23. The van der Waals surface area contributed by atoms with Gasteiger partial charge in [-0.2, -0.15) is 0 Å². The average molecular weight is 287 g/mol. The molecule has 0 radical (unpaired) electrons. The lowest BCUT2D eigenvalue weighted by atomic mass is 10.1. The number of aromatic nitrogens is 2. The van der Waals surface area contributed by atoms with E-state index in [-0.39, 0.29) is 12.0 Å². The van der Waals surface area contributed by atoms with Crippen LogP contribution in [0, 0.1) is 0 Å². The highest BCUT2D eigenvalue weighted by atomic mass is 16.6. The molecule has 3 rings (SSSR count). The van der Waals surface area contributed by atoms with Crippen molar-refractivity contribution in [3.8, 4) is 11.5 Å². The largest absolute Gasteiger partial charge is 0.482 e. The third-order valence-corrected chi connectivity index (χ3v) is 3.33. The Kier molecular flexibility index (Phi) is 3.77. The van der Waals surface area contributed by atoms with E-state index in [0.29, 0.717) is 24.6 Å². The van der Waals surface area contributed by atoms with E-state index >= 15 is 0 Å². The van der Waals surface area contributed by atoms with Crippen LogP contribution in [0.5, 0.6) is 11.5 Å². The predicted molar refractivity (Wildman–Crippen MR) is 76.2 cm³/mol. The molecule has 0 saturated carbocycles. The minimum absolute atomic E-state index is 0.169. The normalized spacial score (nSPS) is 20.0. The van der Waals surface area contributed by atoms with Crippen LogP contribution in [0.4, 0.5) is 0 Å². The minimum Gasteiger partial charge on any atom is -0.482 e. The van der Waals surface area contributed by atoms with Gasteiger partial charge in [0.2, 0.25) is 6.10 Å². The summed E-state index contributed by atoms with van der Waals surface area (Å²) in [5.41, 5.74) is 0. The van der Waals surface area contributed by atoms with E-state index in [0.717, 1.165) is 0 Å². The van der Waals surface area contributed by atoms with Crippen molar-refractivity contribution in [3.05, 3.63) is 43.0 Å². The molecule has 0 spiro atoms. The Morgan fingerprint density at radius 2 is 2.10 bits per heavy atom. The molecule has 6 nitrogen and oxygen atoms in total. The van der Waals surface area contributed by atoms with Gasteiger partial charge in [0, 0.05) is 25.5 Å². The van der Waals surface area contributed by atoms with E-state index < -0.39 is 6.10 Å². The first-order valence-electron chi connectivity index (χ1n) is 6.90. The van der Waals surface area contributed by atoms with Gasteiger partial charge in [0.15, 0.2) is 11.5 Å². The van der Waals surface area contributed by atoms with Gasteiger partial charge in [-0.25, -0.2) is 4.98 Å². The molecule has 0 bridgehead atoms. The average Bonchev–Trinajstić information content (AvgIpc) is 2.99. The number of carbonyl (C=O) groups is 1. The highest BCUT2D eigenvalue weighted by molar-refractivity contribution is 5.82. The maximum atomic E-state index is 12.2. The van der Waals surface area contributed by atoms with Gasteiger partial charge in [0.1, 0.15) is 6.10 Å². The topological polar surface area (TPSA) is 65.4 Å². The molecule has 2 atom stereocenters. The maximum Gasteiger partial charge on any atom is 0.265 e. The monoisotopic (exact) mass is 287 g/mol. The third-order valence-electron chi connectivity index (χ3n) is 3.33. The van der Waals surface area contributed by atoms with Crippen LogP contribution in [0.2, 0.25) is 0 Å². The highest BCUT2D eigenvalue weighted by Crippen LogP contribution is 2.33. The first-order valence-corrected chi connectivity index (χ1v) is 6.90. The fraction of sp³-hybridized carbons (Fsp3) is 0.333. The van der Waals surface area contributed by atoms with E-state index in [2.05, 4.69) is 10.3 Å². The van der Waals surface area contributed by atoms with Crippen molar-refractivity contribution in [1.82, 2.24) is 14.9 Å². The summed E-state index contributed by atoms with van der Waals surface area (Å²) in [7, 11) is 0. The Bertz CT molecular complexity index is 612. The van der Waals surface area contributed by atoms with Crippen molar-refractivity contribution < 1.29 is 14.3 Å². The van der Waals surface area contributed by atoms with Crippen LogP contribution < -0.4 is 14.8 Å². The molecule has 2 heterocycles. The van der Waals surface area contributed by atoms with E-state index in [9.17, 15) is 4.79 Å². The van der Waals surface area contributed by atoms with Gasteiger partial charge in [-0.05, 0) is 19.1 Å². The Hall–Kier alpha value is -2.50. The zero-order chi connectivity index (χ0) is 14.7. The number of hydrogen-bond donors (Lipinski definition) is 1. The Labute approximate surface area is 122 Å². The molecule has 1 amide bonds. The van der Waals surface area contributed by atoms with Gasteiger partial charge in [-0.1, -0.05) is 12.1 Å². The number of fused-ring (bicyclic) bond motifs is 1. The zero-order valence-electron chi connectivity index (χ0n) is 11.7.